The molecular weight excluding hydrogens is 374 g/mol. The maximum atomic E-state index is 12.4. The second-order valence-corrected chi connectivity index (χ2v) is 9.33. The molecule has 0 spiro atoms. The summed E-state index contributed by atoms with van der Waals surface area (Å²) in [7, 11) is -3.56. The number of nitrogens with one attached hydrogen (secondary N) is 3. The minimum Gasteiger partial charge on any atom is -0.351 e. The van der Waals surface area contributed by atoms with Crippen LogP contribution in [-0.4, -0.2) is 40.5 Å². The highest BCUT2D eigenvalue weighted by Crippen LogP contribution is 2.28. The molecule has 1 aromatic rings. The molecule has 1 aromatic carbocycles. The van der Waals surface area contributed by atoms with Crippen molar-refractivity contribution >= 4 is 28.3 Å². The number of amides is 1. The molecule has 0 bridgehead atoms. The Morgan fingerprint density at radius 3 is 2.62 bits per heavy atom. The average Bonchev–Trinajstić information content (AvgIpc) is 3.43. The van der Waals surface area contributed by atoms with Crippen molar-refractivity contribution in [1.29, 1.82) is 0 Å². The number of halogens is 1. The third kappa shape index (κ3) is 5.67. The van der Waals surface area contributed by atoms with Gasteiger partial charge in [-0.15, -0.1) is 12.4 Å². The van der Waals surface area contributed by atoms with Crippen LogP contribution in [-0.2, 0) is 10.0 Å². The highest BCUT2D eigenvalue weighted by atomic mass is 35.5. The van der Waals surface area contributed by atoms with E-state index in [2.05, 4.69) is 22.3 Å². The molecule has 1 amide bonds. The van der Waals surface area contributed by atoms with Crippen LogP contribution in [0.5, 0.6) is 0 Å². The minimum atomic E-state index is -3.56. The summed E-state index contributed by atoms with van der Waals surface area (Å²) in [6.45, 7) is 5.19. The number of carbonyl (C=O) groups excluding carboxylic acids is 1. The van der Waals surface area contributed by atoms with Crippen LogP contribution in [0.25, 0.3) is 0 Å². The molecule has 0 unspecified atom stereocenters. The van der Waals surface area contributed by atoms with Gasteiger partial charge in [-0.2, -0.15) is 0 Å². The lowest BCUT2D eigenvalue weighted by Gasteiger charge is -2.34. The van der Waals surface area contributed by atoms with E-state index in [-0.39, 0.29) is 28.6 Å². The molecule has 1 aliphatic carbocycles. The predicted octanol–water partition coefficient (Wildman–Crippen LogP) is 1.92. The van der Waals surface area contributed by atoms with E-state index in [4.69, 9.17) is 0 Å². The molecule has 3 rings (SSSR count). The van der Waals surface area contributed by atoms with E-state index in [0.717, 1.165) is 38.8 Å². The van der Waals surface area contributed by atoms with E-state index in [1.807, 2.05) is 0 Å². The molecule has 0 aromatic heterocycles. The highest BCUT2D eigenvalue weighted by Gasteiger charge is 2.28. The summed E-state index contributed by atoms with van der Waals surface area (Å²) < 4.78 is 27.3. The first-order valence-corrected chi connectivity index (χ1v) is 10.4. The Balaban J connectivity index is 0.00000243. The van der Waals surface area contributed by atoms with Crippen molar-refractivity contribution in [2.75, 3.05) is 26.2 Å². The Labute approximate surface area is 162 Å². The molecule has 2 fully saturated rings. The van der Waals surface area contributed by atoms with Gasteiger partial charge in [0.15, 0.2) is 0 Å². The van der Waals surface area contributed by atoms with Gasteiger partial charge in [-0.1, -0.05) is 13.0 Å². The fourth-order valence-electron chi connectivity index (χ4n) is 3.04. The molecule has 146 valence electrons. The van der Waals surface area contributed by atoms with E-state index < -0.39 is 10.0 Å². The van der Waals surface area contributed by atoms with Gasteiger partial charge in [0.2, 0.25) is 10.0 Å². The predicted molar refractivity (Wildman–Crippen MR) is 104 cm³/mol. The first-order chi connectivity index (χ1) is 11.9. The number of benzene rings is 1. The molecule has 0 atom stereocenters. The Morgan fingerprint density at radius 1 is 1.27 bits per heavy atom. The fraction of sp³-hybridized carbons (Fsp3) is 0.611. The molecule has 8 heteroatoms. The third-order valence-electron chi connectivity index (χ3n) is 5.15. The zero-order valence-corrected chi connectivity index (χ0v) is 16.7. The van der Waals surface area contributed by atoms with Crippen molar-refractivity contribution in [3.63, 3.8) is 0 Å². The highest BCUT2D eigenvalue weighted by molar-refractivity contribution is 7.89. The maximum absolute atomic E-state index is 12.4. The number of hydrogen-bond donors (Lipinski definition) is 3. The summed E-state index contributed by atoms with van der Waals surface area (Å²) in [5, 5.41) is 6.29. The SMILES string of the molecule is CC1(CNC(=O)c2cccc(S(=O)(=O)NCC3CC3)c2)CCNCC1.Cl. The normalized spacial score (nSPS) is 19.4. The molecular formula is C18H28ClN3O3S. The van der Waals surface area contributed by atoms with Gasteiger partial charge in [0.05, 0.1) is 4.90 Å². The van der Waals surface area contributed by atoms with Crippen LogP contribution in [0.15, 0.2) is 29.2 Å². The van der Waals surface area contributed by atoms with Crippen molar-refractivity contribution in [1.82, 2.24) is 15.4 Å². The van der Waals surface area contributed by atoms with Crippen molar-refractivity contribution in [3.8, 4) is 0 Å². The molecule has 1 saturated carbocycles. The lowest BCUT2D eigenvalue weighted by molar-refractivity contribution is 0.0922. The number of carbonyl (C=O) groups is 1. The van der Waals surface area contributed by atoms with Gasteiger partial charge < -0.3 is 10.6 Å². The van der Waals surface area contributed by atoms with Crippen molar-refractivity contribution in [2.24, 2.45) is 11.3 Å². The van der Waals surface area contributed by atoms with E-state index in [1.54, 1.807) is 12.1 Å². The summed E-state index contributed by atoms with van der Waals surface area (Å²) in [4.78, 5) is 12.6. The van der Waals surface area contributed by atoms with Crippen molar-refractivity contribution < 1.29 is 13.2 Å². The Bertz CT molecular complexity index is 729. The number of piperidine rings is 1. The number of sulfonamides is 1. The summed E-state index contributed by atoms with van der Waals surface area (Å²) >= 11 is 0. The van der Waals surface area contributed by atoms with Gasteiger partial charge in [0.1, 0.15) is 0 Å². The zero-order chi connectivity index (χ0) is 17.9. The van der Waals surface area contributed by atoms with E-state index in [0.29, 0.717) is 24.6 Å². The summed E-state index contributed by atoms with van der Waals surface area (Å²) in [6.07, 6.45) is 4.21. The smallest absolute Gasteiger partial charge is 0.251 e. The second-order valence-electron chi connectivity index (χ2n) is 7.57. The summed E-state index contributed by atoms with van der Waals surface area (Å²) in [5.74, 6) is 0.242. The standard InChI is InChI=1S/C18H27N3O3S.ClH/c1-18(7-9-19-10-8-18)13-20-17(22)15-3-2-4-16(11-15)25(23,24)21-12-14-5-6-14;/h2-4,11,14,19,21H,5-10,12-13H2,1H3,(H,20,22);1H. The number of rotatable bonds is 7. The van der Waals surface area contributed by atoms with Crippen molar-refractivity contribution in [3.05, 3.63) is 29.8 Å². The van der Waals surface area contributed by atoms with E-state index >= 15 is 0 Å². The van der Waals surface area contributed by atoms with Gasteiger partial charge in [-0.25, -0.2) is 13.1 Å². The lowest BCUT2D eigenvalue weighted by atomic mass is 9.81. The average molecular weight is 402 g/mol. The van der Waals surface area contributed by atoms with Gasteiger partial charge in [-0.3, -0.25) is 4.79 Å². The largest absolute Gasteiger partial charge is 0.351 e. The van der Waals surface area contributed by atoms with Crippen molar-refractivity contribution in [2.45, 2.75) is 37.5 Å². The quantitative estimate of drug-likeness (QED) is 0.651. The lowest BCUT2D eigenvalue weighted by Crippen LogP contribution is -2.42. The van der Waals surface area contributed by atoms with Gasteiger partial charge in [0.25, 0.3) is 5.91 Å². The molecule has 26 heavy (non-hydrogen) atoms. The van der Waals surface area contributed by atoms with Crippen LogP contribution in [0.4, 0.5) is 0 Å². The molecule has 1 saturated heterocycles. The number of hydrogen-bond acceptors (Lipinski definition) is 4. The van der Waals surface area contributed by atoms with Crippen LogP contribution >= 0.6 is 12.4 Å². The van der Waals surface area contributed by atoms with Crippen LogP contribution in [0.3, 0.4) is 0 Å². The Hall–Kier alpha value is -1.15. The first-order valence-electron chi connectivity index (χ1n) is 8.97. The Kier molecular flexibility index (Phi) is 7.07. The van der Waals surface area contributed by atoms with Crippen LogP contribution < -0.4 is 15.4 Å². The molecule has 3 N–H and O–H groups in total. The summed E-state index contributed by atoms with van der Waals surface area (Å²) in [6, 6.07) is 6.25. The first kappa shape index (κ1) is 21.2. The van der Waals surface area contributed by atoms with E-state index in [1.165, 1.54) is 12.1 Å². The van der Waals surface area contributed by atoms with Crippen LogP contribution in [0, 0.1) is 11.3 Å². The van der Waals surface area contributed by atoms with E-state index in [9.17, 15) is 13.2 Å². The molecule has 1 aliphatic heterocycles. The topological polar surface area (TPSA) is 87.3 Å². The molecule has 2 aliphatic rings. The van der Waals surface area contributed by atoms with Gasteiger partial charge >= 0.3 is 0 Å². The monoisotopic (exact) mass is 401 g/mol. The maximum Gasteiger partial charge on any atom is 0.251 e. The third-order valence-corrected chi connectivity index (χ3v) is 6.57. The molecule has 6 nitrogen and oxygen atoms in total. The molecule has 0 radical (unpaired) electrons. The fourth-order valence-corrected chi connectivity index (χ4v) is 4.20. The van der Waals surface area contributed by atoms with Gasteiger partial charge in [0, 0.05) is 18.7 Å². The minimum absolute atomic E-state index is 0. The zero-order valence-electron chi connectivity index (χ0n) is 15.1. The molecule has 1 heterocycles. The van der Waals surface area contributed by atoms with Crippen LogP contribution in [0.1, 0.15) is 43.0 Å². The van der Waals surface area contributed by atoms with Crippen LogP contribution in [0.2, 0.25) is 0 Å². The summed E-state index contributed by atoms with van der Waals surface area (Å²) in [5.41, 5.74) is 0.475. The van der Waals surface area contributed by atoms with Gasteiger partial charge in [-0.05, 0) is 68.3 Å². The second kappa shape index (κ2) is 8.69. The Morgan fingerprint density at radius 2 is 1.96 bits per heavy atom.